The number of nitrogens with zero attached hydrogens (tertiary/aromatic N) is 1. The largest absolute Gasteiger partial charge is 0.397 e. The Morgan fingerprint density at radius 2 is 2.10 bits per heavy atom. The molecule has 6 heteroatoms. The zero-order valence-electron chi connectivity index (χ0n) is 12.0. The van der Waals surface area contributed by atoms with Gasteiger partial charge in [-0.3, -0.25) is 4.79 Å². The van der Waals surface area contributed by atoms with E-state index in [0.29, 0.717) is 40.4 Å². The second-order valence-corrected chi connectivity index (χ2v) is 5.73. The molecule has 0 fully saturated rings. The van der Waals surface area contributed by atoms with Gasteiger partial charge in [0, 0.05) is 24.0 Å². The average Bonchev–Trinajstić information content (AvgIpc) is 2.39. The summed E-state index contributed by atoms with van der Waals surface area (Å²) < 4.78 is 0. The van der Waals surface area contributed by atoms with Crippen LogP contribution in [-0.2, 0) is 4.79 Å². The molecule has 0 aliphatic heterocycles. The minimum absolute atomic E-state index is 0.115. The lowest BCUT2D eigenvalue weighted by Gasteiger charge is -2.23. The summed E-state index contributed by atoms with van der Waals surface area (Å²) in [7, 11) is 2.01. The molecule has 0 bridgehead atoms. The molecule has 1 rings (SSSR count). The molecule has 0 radical (unpaired) electrons. The number of amides is 1. The molecule has 0 saturated carbocycles. The summed E-state index contributed by atoms with van der Waals surface area (Å²) in [6, 6.07) is 3.57. The smallest absolute Gasteiger partial charge is 0.225 e. The maximum Gasteiger partial charge on any atom is 0.225 e. The Balaban J connectivity index is 2.59. The van der Waals surface area contributed by atoms with Gasteiger partial charge in [0.05, 0.1) is 16.4 Å². The first-order chi connectivity index (χ1) is 9.35. The van der Waals surface area contributed by atoms with Crippen molar-refractivity contribution in [3.63, 3.8) is 0 Å². The molecule has 0 aliphatic rings. The molecule has 0 heterocycles. The average molecular weight is 318 g/mol. The van der Waals surface area contributed by atoms with Gasteiger partial charge >= 0.3 is 0 Å². The second-order valence-electron chi connectivity index (χ2n) is 4.89. The highest BCUT2D eigenvalue weighted by Gasteiger charge is 2.13. The van der Waals surface area contributed by atoms with Crippen molar-refractivity contribution in [2.75, 3.05) is 24.6 Å². The molecule has 1 atom stereocenters. The number of halogens is 2. The fraction of sp³-hybridized carbons (Fsp3) is 0.500. The van der Waals surface area contributed by atoms with Crippen LogP contribution in [0.4, 0.5) is 11.4 Å². The van der Waals surface area contributed by atoms with Crippen LogP contribution in [0.25, 0.3) is 0 Å². The van der Waals surface area contributed by atoms with E-state index in [1.807, 2.05) is 7.05 Å². The molecular formula is C14H21Cl2N3O. The minimum Gasteiger partial charge on any atom is -0.397 e. The predicted octanol–water partition coefficient (Wildman–Crippen LogP) is 3.63. The molecule has 0 aromatic heterocycles. The Bertz CT molecular complexity index is 456. The third-order valence-electron chi connectivity index (χ3n) is 3.38. The van der Waals surface area contributed by atoms with Crippen LogP contribution < -0.4 is 11.1 Å². The maximum absolute atomic E-state index is 11.9. The lowest BCUT2D eigenvalue weighted by atomic mass is 10.2. The van der Waals surface area contributed by atoms with Crippen molar-refractivity contribution in [1.82, 2.24) is 4.90 Å². The van der Waals surface area contributed by atoms with Gasteiger partial charge in [-0.05, 0) is 32.5 Å². The maximum atomic E-state index is 11.9. The molecule has 1 amide bonds. The summed E-state index contributed by atoms with van der Waals surface area (Å²) in [5.41, 5.74) is 6.59. The number of hydrogen-bond donors (Lipinski definition) is 2. The molecule has 112 valence electrons. The van der Waals surface area contributed by atoms with Crippen molar-refractivity contribution in [2.45, 2.75) is 32.7 Å². The zero-order valence-corrected chi connectivity index (χ0v) is 13.6. The highest BCUT2D eigenvalue weighted by Crippen LogP contribution is 2.32. The summed E-state index contributed by atoms with van der Waals surface area (Å²) >= 11 is 11.9. The third-order valence-corrected chi connectivity index (χ3v) is 3.90. The van der Waals surface area contributed by atoms with Crippen molar-refractivity contribution in [1.29, 1.82) is 0 Å². The van der Waals surface area contributed by atoms with Gasteiger partial charge in [-0.15, -0.1) is 0 Å². The van der Waals surface area contributed by atoms with E-state index in [2.05, 4.69) is 24.1 Å². The molecule has 20 heavy (non-hydrogen) atoms. The molecule has 1 aromatic rings. The number of nitrogens with one attached hydrogen (secondary N) is 1. The van der Waals surface area contributed by atoms with Crippen LogP contribution in [0.5, 0.6) is 0 Å². The Labute approximate surface area is 130 Å². The van der Waals surface area contributed by atoms with Crippen LogP contribution >= 0.6 is 23.2 Å². The first-order valence-electron chi connectivity index (χ1n) is 6.59. The van der Waals surface area contributed by atoms with Crippen LogP contribution in [0.1, 0.15) is 26.7 Å². The van der Waals surface area contributed by atoms with E-state index in [1.54, 1.807) is 12.1 Å². The van der Waals surface area contributed by atoms with Crippen molar-refractivity contribution in [2.24, 2.45) is 0 Å². The Kier molecular flexibility index (Phi) is 6.59. The van der Waals surface area contributed by atoms with E-state index in [1.165, 1.54) is 0 Å². The number of rotatable bonds is 6. The Morgan fingerprint density at radius 3 is 2.65 bits per heavy atom. The number of carbonyl (C=O) groups excluding carboxylic acids is 1. The first-order valence-corrected chi connectivity index (χ1v) is 7.35. The summed E-state index contributed by atoms with van der Waals surface area (Å²) in [4.78, 5) is 14.1. The normalized spacial score (nSPS) is 12.5. The lowest BCUT2D eigenvalue weighted by Crippen LogP contribution is -2.31. The van der Waals surface area contributed by atoms with Crippen LogP contribution in [-0.4, -0.2) is 30.4 Å². The number of nitrogens with two attached hydrogens (primary N) is 1. The third kappa shape index (κ3) is 4.85. The topological polar surface area (TPSA) is 58.4 Å². The van der Waals surface area contributed by atoms with Crippen molar-refractivity contribution >= 4 is 40.5 Å². The SMILES string of the molecule is CCC(C)N(C)CCC(=O)Nc1c(N)cc(Cl)cc1Cl. The van der Waals surface area contributed by atoms with Gasteiger partial charge in [-0.1, -0.05) is 30.1 Å². The molecule has 0 aliphatic carbocycles. The van der Waals surface area contributed by atoms with E-state index < -0.39 is 0 Å². The van der Waals surface area contributed by atoms with Gasteiger partial charge < -0.3 is 16.0 Å². The number of carbonyl (C=O) groups is 1. The molecule has 4 nitrogen and oxygen atoms in total. The van der Waals surface area contributed by atoms with Crippen LogP contribution in [0.2, 0.25) is 10.0 Å². The molecule has 1 aromatic carbocycles. The van der Waals surface area contributed by atoms with Gasteiger partial charge in [-0.25, -0.2) is 0 Å². The summed E-state index contributed by atoms with van der Waals surface area (Å²) in [6.07, 6.45) is 1.44. The summed E-state index contributed by atoms with van der Waals surface area (Å²) in [5.74, 6) is -0.115. The Morgan fingerprint density at radius 1 is 1.45 bits per heavy atom. The van der Waals surface area contributed by atoms with E-state index >= 15 is 0 Å². The molecular weight excluding hydrogens is 297 g/mol. The van der Waals surface area contributed by atoms with Crippen LogP contribution in [0.3, 0.4) is 0 Å². The standard InChI is InChI=1S/C14H21Cl2N3O/c1-4-9(2)19(3)6-5-13(20)18-14-11(16)7-10(15)8-12(14)17/h7-9H,4-6,17H2,1-3H3,(H,18,20). The highest BCUT2D eigenvalue weighted by molar-refractivity contribution is 6.37. The summed E-state index contributed by atoms with van der Waals surface area (Å²) in [5, 5.41) is 3.53. The predicted molar refractivity (Wildman–Crippen MR) is 86.5 cm³/mol. The number of benzene rings is 1. The zero-order chi connectivity index (χ0) is 15.3. The number of anilines is 2. The van der Waals surface area contributed by atoms with E-state index in [0.717, 1.165) is 6.42 Å². The highest BCUT2D eigenvalue weighted by atomic mass is 35.5. The van der Waals surface area contributed by atoms with Gasteiger partial charge in [0.1, 0.15) is 0 Å². The molecule has 1 unspecified atom stereocenters. The van der Waals surface area contributed by atoms with Gasteiger partial charge in [0.15, 0.2) is 0 Å². The van der Waals surface area contributed by atoms with Crippen molar-refractivity contribution < 1.29 is 4.79 Å². The van der Waals surface area contributed by atoms with Gasteiger partial charge in [-0.2, -0.15) is 0 Å². The fourth-order valence-electron chi connectivity index (χ4n) is 1.74. The van der Waals surface area contributed by atoms with E-state index in [4.69, 9.17) is 28.9 Å². The van der Waals surface area contributed by atoms with Crippen LogP contribution in [0, 0.1) is 0 Å². The number of nitrogen functional groups attached to an aromatic ring is 1. The first kappa shape index (κ1) is 17.1. The van der Waals surface area contributed by atoms with Crippen LogP contribution in [0.15, 0.2) is 12.1 Å². The van der Waals surface area contributed by atoms with Crippen molar-refractivity contribution in [3.05, 3.63) is 22.2 Å². The molecule has 0 spiro atoms. The number of hydrogen-bond acceptors (Lipinski definition) is 3. The summed E-state index contributed by atoms with van der Waals surface area (Å²) in [6.45, 7) is 4.94. The Hall–Kier alpha value is -0.970. The van der Waals surface area contributed by atoms with E-state index in [9.17, 15) is 4.79 Å². The monoisotopic (exact) mass is 317 g/mol. The van der Waals surface area contributed by atoms with E-state index in [-0.39, 0.29) is 5.91 Å². The minimum atomic E-state index is -0.115. The molecule has 0 saturated heterocycles. The van der Waals surface area contributed by atoms with Gasteiger partial charge in [0.2, 0.25) is 5.91 Å². The van der Waals surface area contributed by atoms with Gasteiger partial charge in [0.25, 0.3) is 0 Å². The molecule has 3 N–H and O–H groups in total. The van der Waals surface area contributed by atoms with Crippen molar-refractivity contribution in [3.8, 4) is 0 Å². The lowest BCUT2D eigenvalue weighted by molar-refractivity contribution is -0.116. The quantitative estimate of drug-likeness (QED) is 0.787. The fourth-order valence-corrected chi connectivity index (χ4v) is 2.29. The second kappa shape index (κ2) is 7.72.